The molecule has 2 atom stereocenters. The third-order valence-electron chi connectivity index (χ3n) is 7.05. The Morgan fingerprint density at radius 2 is 1.71 bits per heavy atom. The van der Waals surface area contributed by atoms with Crippen molar-refractivity contribution in [2.24, 2.45) is 0 Å². The monoisotopic (exact) mass is 507 g/mol. The van der Waals surface area contributed by atoms with E-state index < -0.39 is 28.8 Å². The van der Waals surface area contributed by atoms with E-state index >= 15 is 8.78 Å². The molecule has 1 N–H and O–H groups in total. The molecule has 5 nitrogen and oxygen atoms in total. The van der Waals surface area contributed by atoms with Crippen LogP contribution in [0.3, 0.4) is 0 Å². The third kappa shape index (κ3) is 5.40. The zero-order valence-electron chi connectivity index (χ0n) is 21.0. The predicted molar refractivity (Wildman–Crippen MR) is 134 cm³/mol. The molecule has 0 bridgehead atoms. The Morgan fingerprint density at radius 1 is 1.09 bits per heavy atom. The van der Waals surface area contributed by atoms with Gasteiger partial charge in [-0.05, 0) is 37.5 Å². The molecule has 2 aromatic rings. The van der Waals surface area contributed by atoms with Crippen molar-refractivity contribution >= 4 is 17.9 Å². The van der Waals surface area contributed by atoms with Crippen LogP contribution in [0.4, 0.5) is 8.78 Å². The number of carbonyl (C=O) groups is 1. The molecule has 0 amide bonds. The molecule has 35 heavy (non-hydrogen) atoms. The number of carboxylic acids is 1. The summed E-state index contributed by atoms with van der Waals surface area (Å²) < 4.78 is 43.1. The first-order chi connectivity index (χ1) is 16.7. The zero-order chi connectivity index (χ0) is 25.8. The fraction of sp³-hybridized carbons (Fsp3) is 0.519. The van der Waals surface area contributed by atoms with Gasteiger partial charge in [0, 0.05) is 56.0 Å². The van der Waals surface area contributed by atoms with Gasteiger partial charge in [0.1, 0.15) is 17.0 Å². The van der Waals surface area contributed by atoms with Crippen LogP contribution in [0.2, 0.25) is 0 Å². The standard InChI is InChI=1S/C25H29F2NO4S.C2H6/c1-16-9-10-22(17-7-5-4-6-8-17)33-28(16)13-18-11-21(27)19(12-20(18)26)24(23(29)30)14-25(15-24,31-2)32-3;1-2/h4-8,11-12,16,22H,9-10,13-15H2,1-3H3,(H,29,30);1-2H3/t16-,22?;/m0./s1. The molecule has 2 fully saturated rings. The smallest absolute Gasteiger partial charge is 0.314 e. The van der Waals surface area contributed by atoms with E-state index in [1.807, 2.05) is 32.0 Å². The average molecular weight is 508 g/mol. The van der Waals surface area contributed by atoms with Crippen LogP contribution in [0.15, 0.2) is 42.5 Å². The van der Waals surface area contributed by atoms with E-state index in [4.69, 9.17) is 9.47 Å². The lowest BCUT2D eigenvalue weighted by Gasteiger charge is -2.51. The largest absolute Gasteiger partial charge is 0.481 e. The van der Waals surface area contributed by atoms with E-state index in [0.29, 0.717) is 0 Å². The highest BCUT2D eigenvalue weighted by atomic mass is 32.2. The Morgan fingerprint density at radius 3 is 2.29 bits per heavy atom. The van der Waals surface area contributed by atoms with Crippen LogP contribution in [-0.4, -0.2) is 41.4 Å². The van der Waals surface area contributed by atoms with E-state index in [2.05, 4.69) is 23.4 Å². The first kappa shape index (κ1) is 27.6. The first-order valence-corrected chi connectivity index (χ1v) is 12.9. The van der Waals surface area contributed by atoms with Crippen LogP contribution in [0.5, 0.6) is 0 Å². The minimum absolute atomic E-state index is 0.0875. The molecule has 1 heterocycles. The Labute approximate surface area is 210 Å². The normalized spacial score (nSPS) is 23.1. The van der Waals surface area contributed by atoms with E-state index in [1.54, 1.807) is 11.9 Å². The number of rotatable bonds is 7. The summed E-state index contributed by atoms with van der Waals surface area (Å²) >= 11 is 1.66. The topological polar surface area (TPSA) is 59.0 Å². The maximum absolute atomic E-state index is 15.2. The molecule has 1 aliphatic heterocycles. The molecule has 1 unspecified atom stereocenters. The van der Waals surface area contributed by atoms with Gasteiger partial charge >= 0.3 is 5.97 Å². The maximum Gasteiger partial charge on any atom is 0.314 e. The average Bonchev–Trinajstić information content (AvgIpc) is 2.85. The number of carboxylic acid groups (broad SMARTS) is 1. The maximum atomic E-state index is 15.2. The van der Waals surface area contributed by atoms with Gasteiger partial charge in [-0.25, -0.2) is 13.1 Å². The van der Waals surface area contributed by atoms with Gasteiger partial charge in [-0.2, -0.15) is 0 Å². The summed E-state index contributed by atoms with van der Waals surface area (Å²) in [6, 6.07) is 12.6. The van der Waals surface area contributed by atoms with E-state index in [9.17, 15) is 9.90 Å². The van der Waals surface area contributed by atoms with Crippen LogP contribution in [0.25, 0.3) is 0 Å². The zero-order valence-corrected chi connectivity index (χ0v) is 21.8. The second kappa shape index (κ2) is 11.4. The molecule has 0 aromatic heterocycles. The van der Waals surface area contributed by atoms with Gasteiger partial charge in [-0.1, -0.05) is 56.1 Å². The van der Waals surface area contributed by atoms with Crippen molar-refractivity contribution in [2.45, 2.75) is 75.5 Å². The summed E-state index contributed by atoms with van der Waals surface area (Å²) in [4.78, 5) is 12.1. The fourth-order valence-corrected chi connectivity index (χ4v) is 6.26. The van der Waals surface area contributed by atoms with Crippen LogP contribution in [0.1, 0.15) is 68.4 Å². The second-order valence-electron chi connectivity index (χ2n) is 8.99. The molecule has 1 saturated heterocycles. The van der Waals surface area contributed by atoms with Gasteiger partial charge < -0.3 is 14.6 Å². The van der Waals surface area contributed by atoms with Crippen molar-refractivity contribution in [1.82, 2.24) is 4.31 Å². The van der Waals surface area contributed by atoms with Crippen molar-refractivity contribution in [3.8, 4) is 0 Å². The number of halogens is 2. The molecular formula is C27H35F2NO4S. The number of aliphatic carboxylic acids is 1. The number of methoxy groups -OCH3 is 2. The highest BCUT2D eigenvalue weighted by Crippen LogP contribution is 2.53. The molecule has 4 rings (SSSR count). The Balaban J connectivity index is 0.00000167. The lowest BCUT2D eigenvalue weighted by Crippen LogP contribution is -2.61. The number of nitrogens with zero attached hydrogens (tertiary/aromatic N) is 1. The van der Waals surface area contributed by atoms with Crippen molar-refractivity contribution < 1.29 is 28.2 Å². The summed E-state index contributed by atoms with van der Waals surface area (Å²) in [5.74, 6) is -3.64. The third-order valence-corrected chi connectivity index (χ3v) is 8.57. The summed E-state index contributed by atoms with van der Waals surface area (Å²) in [7, 11) is 2.82. The second-order valence-corrected chi connectivity index (χ2v) is 10.2. The number of ether oxygens (including phenoxy) is 2. The van der Waals surface area contributed by atoms with Crippen LogP contribution >= 0.6 is 11.9 Å². The quantitative estimate of drug-likeness (QED) is 0.342. The van der Waals surface area contributed by atoms with E-state index in [1.165, 1.54) is 19.8 Å². The Hall–Kier alpha value is -2.00. The molecule has 1 aliphatic carbocycles. The first-order valence-electron chi connectivity index (χ1n) is 12.0. The number of hydrogen-bond acceptors (Lipinski definition) is 5. The molecule has 2 aromatic carbocycles. The van der Waals surface area contributed by atoms with Crippen molar-refractivity contribution in [1.29, 1.82) is 0 Å². The van der Waals surface area contributed by atoms with E-state index in [0.717, 1.165) is 25.0 Å². The molecule has 0 radical (unpaired) electrons. The van der Waals surface area contributed by atoms with Crippen LogP contribution < -0.4 is 0 Å². The molecule has 0 spiro atoms. The van der Waals surface area contributed by atoms with Crippen molar-refractivity contribution in [2.75, 3.05) is 14.2 Å². The fourth-order valence-electron chi connectivity index (χ4n) is 4.89. The Kier molecular flexibility index (Phi) is 8.96. The van der Waals surface area contributed by atoms with Crippen LogP contribution in [-0.2, 0) is 26.2 Å². The molecular weight excluding hydrogens is 472 g/mol. The molecule has 192 valence electrons. The Bertz CT molecular complexity index is 1010. The van der Waals surface area contributed by atoms with Gasteiger partial charge in [0.2, 0.25) is 0 Å². The predicted octanol–water partition coefficient (Wildman–Crippen LogP) is 6.47. The lowest BCUT2D eigenvalue weighted by molar-refractivity contribution is -0.278. The highest BCUT2D eigenvalue weighted by molar-refractivity contribution is 7.97. The highest BCUT2D eigenvalue weighted by Gasteiger charge is 2.62. The SMILES string of the molecule is CC.COC1(OC)CC(C(=O)O)(c2cc(F)c(CN3SC(c4ccccc4)CC[C@@H]3C)cc2F)C1. The summed E-state index contributed by atoms with van der Waals surface area (Å²) in [6.45, 7) is 6.32. The molecule has 1 saturated carbocycles. The number of hydrogen-bond donors (Lipinski definition) is 1. The van der Waals surface area contributed by atoms with Crippen molar-refractivity contribution in [3.05, 3.63) is 70.8 Å². The summed E-state index contributed by atoms with van der Waals surface area (Å²) in [5.41, 5.74) is -0.313. The van der Waals surface area contributed by atoms with Gasteiger partial charge in [-0.15, -0.1) is 0 Å². The minimum atomic E-state index is -1.58. The van der Waals surface area contributed by atoms with Gasteiger partial charge in [0.05, 0.1) is 0 Å². The van der Waals surface area contributed by atoms with Gasteiger partial charge in [0.15, 0.2) is 5.79 Å². The summed E-state index contributed by atoms with van der Waals surface area (Å²) in [6.07, 6.45) is 1.79. The van der Waals surface area contributed by atoms with Gasteiger partial charge in [0.25, 0.3) is 0 Å². The minimum Gasteiger partial charge on any atom is -0.481 e. The summed E-state index contributed by atoms with van der Waals surface area (Å²) in [5, 5.41) is 10.1. The van der Waals surface area contributed by atoms with Crippen LogP contribution in [0, 0.1) is 11.6 Å². The lowest BCUT2D eigenvalue weighted by atomic mass is 9.60. The molecule has 2 aliphatic rings. The molecule has 8 heteroatoms. The number of benzene rings is 2. The van der Waals surface area contributed by atoms with Crippen molar-refractivity contribution in [3.63, 3.8) is 0 Å². The van der Waals surface area contributed by atoms with Gasteiger partial charge in [-0.3, -0.25) is 4.79 Å². The van der Waals surface area contributed by atoms with E-state index in [-0.39, 0.29) is 41.8 Å².